The second-order valence-corrected chi connectivity index (χ2v) is 9.84. The molecule has 2 saturated heterocycles. The first-order chi connectivity index (χ1) is 14.5. The van der Waals surface area contributed by atoms with Crippen LogP contribution in [-0.4, -0.2) is 60.6 Å². The van der Waals surface area contributed by atoms with Crippen LogP contribution in [0, 0.1) is 5.92 Å². The minimum Gasteiger partial charge on any atom is -0.497 e. The van der Waals surface area contributed by atoms with E-state index in [4.69, 9.17) is 4.74 Å². The zero-order valence-corrected chi connectivity index (χ0v) is 19.3. The second kappa shape index (κ2) is 9.69. The summed E-state index contributed by atoms with van der Waals surface area (Å²) < 4.78 is 6.48. The molecule has 4 rings (SSSR count). The van der Waals surface area contributed by atoms with Crippen molar-refractivity contribution in [2.75, 3.05) is 26.7 Å². The van der Waals surface area contributed by atoms with Gasteiger partial charge in [-0.05, 0) is 61.9 Å². The summed E-state index contributed by atoms with van der Waals surface area (Å²) in [6.45, 7) is 2.77. The predicted octanol–water partition coefficient (Wildman–Crippen LogP) is 3.97. The smallest absolute Gasteiger partial charge is 0.324 e. The Labute approximate surface area is 187 Å². The van der Waals surface area contributed by atoms with Crippen LogP contribution in [0.15, 0.2) is 22.7 Å². The molecule has 1 saturated carbocycles. The first-order valence-electron chi connectivity index (χ1n) is 11.2. The van der Waals surface area contributed by atoms with Crippen LogP contribution in [0.2, 0.25) is 0 Å². The zero-order valence-electron chi connectivity index (χ0n) is 17.7. The van der Waals surface area contributed by atoms with E-state index in [0.717, 1.165) is 68.4 Å². The summed E-state index contributed by atoms with van der Waals surface area (Å²) in [7, 11) is 1.69. The highest BCUT2D eigenvalue weighted by Gasteiger charge is 2.38. The van der Waals surface area contributed by atoms with Gasteiger partial charge >= 0.3 is 6.03 Å². The fourth-order valence-corrected chi connectivity index (χ4v) is 5.65. The van der Waals surface area contributed by atoms with Gasteiger partial charge in [0.05, 0.1) is 13.2 Å². The molecule has 6 nitrogen and oxygen atoms in total. The molecule has 1 aromatic carbocycles. The van der Waals surface area contributed by atoms with E-state index in [-0.39, 0.29) is 24.0 Å². The molecule has 3 amide bonds. The standard InChI is InChI=1S/C23H32BrN3O3/c1-30-20-7-8-21(24)17(12-20)11-16-9-10-26(14-16)15-18-13-22(28)27(23(29)25-18)19-5-3-2-4-6-19/h7-8,12,16,18-19H,2-6,9-11,13-15H2,1H3,(H,25,29). The molecule has 0 radical (unpaired) electrons. The summed E-state index contributed by atoms with van der Waals surface area (Å²) in [5.74, 6) is 1.46. The van der Waals surface area contributed by atoms with Crippen LogP contribution in [0.1, 0.15) is 50.5 Å². The molecule has 3 aliphatic rings. The molecule has 0 aromatic heterocycles. The number of hydrogen-bond acceptors (Lipinski definition) is 4. The van der Waals surface area contributed by atoms with Crippen LogP contribution in [-0.2, 0) is 11.2 Å². The highest BCUT2D eigenvalue weighted by molar-refractivity contribution is 9.10. The summed E-state index contributed by atoms with van der Waals surface area (Å²) >= 11 is 3.65. The van der Waals surface area contributed by atoms with Gasteiger partial charge in [0.15, 0.2) is 0 Å². The maximum Gasteiger partial charge on any atom is 0.324 e. The lowest BCUT2D eigenvalue weighted by Crippen LogP contribution is -2.60. The van der Waals surface area contributed by atoms with Crippen LogP contribution >= 0.6 is 15.9 Å². The van der Waals surface area contributed by atoms with Crippen LogP contribution in [0.25, 0.3) is 0 Å². The number of amides is 3. The number of carbonyl (C=O) groups is 2. The number of rotatable bonds is 6. The van der Waals surface area contributed by atoms with Crippen molar-refractivity contribution in [2.24, 2.45) is 5.92 Å². The Morgan fingerprint density at radius 2 is 1.97 bits per heavy atom. The number of hydrogen-bond donors (Lipinski definition) is 1. The Balaban J connectivity index is 1.29. The Bertz CT molecular complexity index is 763. The van der Waals surface area contributed by atoms with Gasteiger partial charge in [0.25, 0.3) is 0 Å². The van der Waals surface area contributed by atoms with Crippen molar-refractivity contribution in [1.29, 1.82) is 0 Å². The summed E-state index contributed by atoms with van der Waals surface area (Å²) in [5, 5.41) is 3.11. The van der Waals surface area contributed by atoms with Crippen molar-refractivity contribution in [3.63, 3.8) is 0 Å². The Morgan fingerprint density at radius 1 is 1.17 bits per heavy atom. The summed E-state index contributed by atoms with van der Waals surface area (Å²) in [6.07, 6.45) is 7.91. The first-order valence-corrected chi connectivity index (χ1v) is 12.0. The molecule has 2 heterocycles. The van der Waals surface area contributed by atoms with Gasteiger partial charge in [-0.25, -0.2) is 4.79 Å². The number of halogens is 1. The molecular formula is C23H32BrN3O3. The summed E-state index contributed by atoms with van der Waals surface area (Å²) in [4.78, 5) is 29.3. The molecule has 7 heteroatoms. The molecule has 1 aliphatic carbocycles. The normalized spacial score (nSPS) is 26.1. The minimum atomic E-state index is -0.181. The van der Waals surface area contributed by atoms with E-state index >= 15 is 0 Å². The first kappa shape index (κ1) is 21.6. The van der Waals surface area contributed by atoms with E-state index in [9.17, 15) is 9.59 Å². The molecule has 3 fully saturated rings. The molecular weight excluding hydrogens is 446 g/mol. The van der Waals surface area contributed by atoms with E-state index in [1.807, 2.05) is 12.1 Å². The molecule has 0 bridgehead atoms. The molecule has 1 N–H and O–H groups in total. The quantitative estimate of drug-likeness (QED) is 0.673. The number of carbonyl (C=O) groups excluding carboxylic acids is 2. The largest absolute Gasteiger partial charge is 0.497 e. The molecule has 2 aliphatic heterocycles. The van der Waals surface area contributed by atoms with Gasteiger partial charge in [0, 0.05) is 30.0 Å². The topological polar surface area (TPSA) is 61.9 Å². The molecule has 0 spiro atoms. The summed E-state index contributed by atoms with van der Waals surface area (Å²) in [6, 6.07) is 5.96. The fraction of sp³-hybridized carbons (Fsp3) is 0.652. The van der Waals surface area contributed by atoms with E-state index < -0.39 is 0 Å². The number of nitrogens with one attached hydrogen (secondary N) is 1. The van der Waals surface area contributed by atoms with Gasteiger partial charge < -0.3 is 15.0 Å². The average molecular weight is 478 g/mol. The lowest BCUT2D eigenvalue weighted by molar-refractivity contribution is -0.132. The van der Waals surface area contributed by atoms with E-state index in [2.05, 4.69) is 32.2 Å². The number of methoxy groups -OCH3 is 1. The van der Waals surface area contributed by atoms with E-state index in [1.165, 1.54) is 16.9 Å². The molecule has 164 valence electrons. The van der Waals surface area contributed by atoms with Crippen molar-refractivity contribution < 1.29 is 14.3 Å². The average Bonchev–Trinajstić information content (AvgIpc) is 3.16. The van der Waals surface area contributed by atoms with Gasteiger partial charge in [-0.2, -0.15) is 0 Å². The van der Waals surface area contributed by atoms with Crippen LogP contribution in [0.5, 0.6) is 5.75 Å². The molecule has 2 unspecified atom stereocenters. The van der Waals surface area contributed by atoms with Gasteiger partial charge in [-0.3, -0.25) is 9.69 Å². The third-order valence-corrected chi connectivity index (χ3v) is 7.56. The number of ether oxygens (including phenoxy) is 1. The maximum absolute atomic E-state index is 12.7. The predicted molar refractivity (Wildman–Crippen MR) is 120 cm³/mol. The van der Waals surface area contributed by atoms with E-state index in [1.54, 1.807) is 7.11 Å². The SMILES string of the molecule is COc1ccc(Br)c(CC2CCN(CC3CC(=O)N(C4CCCCC4)C(=O)N3)C2)c1. The molecule has 30 heavy (non-hydrogen) atoms. The van der Waals surface area contributed by atoms with Crippen molar-refractivity contribution in [2.45, 2.75) is 63.5 Å². The van der Waals surface area contributed by atoms with Crippen molar-refractivity contribution in [1.82, 2.24) is 15.1 Å². The molecule has 1 aromatic rings. The lowest BCUT2D eigenvalue weighted by Gasteiger charge is -2.38. The van der Waals surface area contributed by atoms with E-state index in [0.29, 0.717) is 12.3 Å². The number of likely N-dealkylation sites (tertiary alicyclic amines) is 1. The fourth-order valence-electron chi connectivity index (χ4n) is 5.24. The Kier molecular flexibility index (Phi) is 6.98. The third-order valence-electron chi connectivity index (χ3n) is 6.79. The Morgan fingerprint density at radius 3 is 2.70 bits per heavy atom. The monoisotopic (exact) mass is 477 g/mol. The Hall–Kier alpha value is -1.60. The lowest BCUT2D eigenvalue weighted by atomic mass is 9.93. The second-order valence-electron chi connectivity index (χ2n) is 8.98. The zero-order chi connectivity index (χ0) is 21.1. The molecule has 2 atom stereocenters. The van der Waals surface area contributed by atoms with Crippen molar-refractivity contribution in [3.05, 3.63) is 28.2 Å². The highest BCUT2D eigenvalue weighted by atomic mass is 79.9. The van der Waals surface area contributed by atoms with Crippen molar-refractivity contribution >= 4 is 27.9 Å². The number of benzene rings is 1. The van der Waals surface area contributed by atoms with Gasteiger partial charge in [0.2, 0.25) is 5.91 Å². The highest BCUT2D eigenvalue weighted by Crippen LogP contribution is 2.29. The summed E-state index contributed by atoms with van der Waals surface area (Å²) in [5.41, 5.74) is 1.27. The minimum absolute atomic E-state index is 0.00621. The number of urea groups is 1. The van der Waals surface area contributed by atoms with Crippen LogP contribution in [0.3, 0.4) is 0 Å². The van der Waals surface area contributed by atoms with Crippen LogP contribution in [0.4, 0.5) is 4.79 Å². The van der Waals surface area contributed by atoms with Gasteiger partial charge in [-0.15, -0.1) is 0 Å². The third kappa shape index (κ3) is 4.99. The number of imide groups is 1. The number of nitrogens with zero attached hydrogens (tertiary/aromatic N) is 2. The van der Waals surface area contributed by atoms with Gasteiger partial charge in [-0.1, -0.05) is 35.2 Å². The maximum atomic E-state index is 12.7. The van der Waals surface area contributed by atoms with Crippen molar-refractivity contribution in [3.8, 4) is 5.75 Å². The van der Waals surface area contributed by atoms with Gasteiger partial charge in [0.1, 0.15) is 5.75 Å². The van der Waals surface area contributed by atoms with Crippen LogP contribution < -0.4 is 10.1 Å².